The van der Waals surface area contributed by atoms with E-state index in [9.17, 15) is 9.59 Å². The third-order valence-corrected chi connectivity index (χ3v) is 2.69. The molecule has 3 rings (SSSR count). The van der Waals surface area contributed by atoms with Crippen molar-refractivity contribution in [3.63, 3.8) is 0 Å². The molecule has 0 spiro atoms. The molecule has 2 N–H and O–H groups in total. The van der Waals surface area contributed by atoms with Crippen LogP contribution in [0.5, 0.6) is 0 Å². The Hall–Kier alpha value is -2.76. The third kappa shape index (κ3) is 1.36. The second-order valence-electron chi connectivity index (χ2n) is 3.81. The summed E-state index contributed by atoms with van der Waals surface area (Å²) in [6.45, 7) is 0. The van der Waals surface area contributed by atoms with Crippen molar-refractivity contribution in [2.45, 2.75) is 0 Å². The number of hydrogen-bond acceptors (Lipinski definition) is 5. The fourth-order valence-electron chi connectivity index (χ4n) is 1.87. The first kappa shape index (κ1) is 10.4. The fraction of sp³-hybridized carbons (Fsp3) is 0. The Morgan fingerprint density at radius 2 is 1.83 bits per heavy atom. The second-order valence-corrected chi connectivity index (χ2v) is 3.81. The monoisotopic (exact) mass is 240 g/mol. The molecule has 0 fully saturated rings. The molecule has 6 heteroatoms. The van der Waals surface area contributed by atoms with Gasteiger partial charge in [-0.05, 0) is 18.2 Å². The molecule has 0 saturated heterocycles. The maximum absolute atomic E-state index is 12.1. The summed E-state index contributed by atoms with van der Waals surface area (Å²) >= 11 is 0. The zero-order chi connectivity index (χ0) is 12.7. The zero-order valence-corrected chi connectivity index (χ0v) is 9.20. The Balaban J connectivity index is 2.13. The van der Waals surface area contributed by atoms with Gasteiger partial charge >= 0.3 is 0 Å². The Morgan fingerprint density at radius 1 is 1.06 bits per heavy atom. The van der Waals surface area contributed by atoms with E-state index in [1.165, 1.54) is 24.7 Å². The molecule has 2 heterocycles. The van der Waals surface area contributed by atoms with Gasteiger partial charge in [-0.3, -0.25) is 14.6 Å². The minimum atomic E-state index is -0.428. The van der Waals surface area contributed by atoms with Crippen molar-refractivity contribution in [3.05, 3.63) is 47.9 Å². The number of nitrogens with two attached hydrogens (primary N) is 1. The van der Waals surface area contributed by atoms with Crippen molar-refractivity contribution in [2.24, 2.45) is 0 Å². The predicted molar refractivity (Wildman–Crippen MR) is 64.0 cm³/mol. The van der Waals surface area contributed by atoms with Gasteiger partial charge in [0.25, 0.3) is 11.8 Å². The number of hydrogen-bond donors (Lipinski definition) is 1. The number of fused-ring (bicyclic) bond motifs is 1. The molecule has 0 saturated carbocycles. The quantitative estimate of drug-likeness (QED) is 0.589. The lowest BCUT2D eigenvalue weighted by atomic mass is 10.1. The molecular formula is C12H8N4O2. The van der Waals surface area contributed by atoms with Crippen LogP contribution in [0, 0.1) is 0 Å². The minimum absolute atomic E-state index is 0.210. The van der Waals surface area contributed by atoms with Gasteiger partial charge in [0.1, 0.15) is 0 Å². The SMILES string of the molecule is Nc1ccc2c(c1)C(=O)N(c1cnccn1)C2=O. The Morgan fingerprint density at radius 3 is 2.56 bits per heavy atom. The minimum Gasteiger partial charge on any atom is -0.399 e. The van der Waals surface area contributed by atoms with Crippen LogP contribution < -0.4 is 10.6 Å². The molecule has 1 aliphatic heterocycles. The van der Waals surface area contributed by atoms with Crippen LogP contribution >= 0.6 is 0 Å². The fourth-order valence-corrected chi connectivity index (χ4v) is 1.87. The summed E-state index contributed by atoms with van der Waals surface area (Å²) < 4.78 is 0. The smallest absolute Gasteiger partial charge is 0.267 e. The Kier molecular flexibility index (Phi) is 2.09. The highest BCUT2D eigenvalue weighted by Gasteiger charge is 2.37. The van der Waals surface area contributed by atoms with E-state index in [4.69, 9.17) is 5.73 Å². The normalized spacial score (nSPS) is 13.9. The van der Waals surface area contributed by atoms with Gasteiger partial charge in [-0.2, -0.15) is 0 Å². The topological polar surface area (TPSA) is 89.2 Å². The molecule has 1 aromatic heterocycles. The predicted octanol–water partition coefficient (Wildman–Crippen LogP) is 0.859. The number of anilines is 2. The molecule has 2 aromatic rings. The highest BCUT2D eigenvalue weighted by Crippen LogP contribution is 2.27. The highest BCUT2D eigenvalue weighted by molar-refractivity contribution is 6.34. The largest absolute Gasteiger partial charge is 0.399 e. The van der Waals surface area contributed by atoms with Crippen LogP contribution in [0.1, 0.15) is 20.7 Å². The summed E-state index contributed by atoms with van der Waals surface area (Å²) in [5, 5.41) is 0. The number of benzene rings is 1. The summed E-state index contributed by atoms with van der Waals surface area (Å²) in [5.74, 6) is -0.624. The lowest BCUT2D eigenvalue weighted by Gasteiger charge is -2.10. The molecule has 0 unspecified atom stereocenters. The van der Waals surface area contributed by atoms with Gasteiger partial charge in [-0.25, -0.2) is 9.88 Å². The first-order chi connectivity index (χ1) is 8.68. The van der Waals surface area contributed by atoms with Crippen molar-refractivity contribution in [1.82, 2.24) is 9.97 Å². The Labute approximate surface area is 102 Å². The molecular weight excluding hydrogens is 232 g/mol. The number of carbonyl (C=O) groups is 2. The van der Waals surface area contributed by atoms with Gasteiger partial charge in [0.05, 0.1) is 17.3 Å². The van der Waals surface area contributed by atoms with Crippen molar-refractivity contribution < 1.29 is 9.59 Å². The van der Waals surface area contributed by atoms with Crippen LogP contribution in [0.3, 0.4) is 0 Å². The van der Waals surface area contributed by atoms with Crippen molar-refractivity contribution in [2.75, 3.05) is 10.6 Å². The second kappa shape index (κ2) is 3.63. The van der Waals surface area contributed by atoms with Crippen LogP contribution in [0.15, 0.2) is 36.8 Å². The summed E-state index contributed by atoms with van der Waals surface area (Å²) in [7, 11) is 0. The molecule has 0 radical (unpaired) electrons. The maximum atomic E-state index is 12.1. The number of imide groups is 1. The van der Waals surface area contributed by atoms with E-state index >= 15 is 0 Å². The van der Waals surface area contributed by atoms with Crippen LogP contribution in [0.4, 0.5) is 11.5 Å². The van der Waals surface area contributed by atoms with Crippen molar-refractivity contribution in [1.29, 1.82) is 0 Å². The molecule has 1 aliphatic rings. The number of rotatable bonds is 1. The van der Waals surface area contributed by atoms with E-state index in [2.05, 4.69) is 9.97 Å². The number of nitrogens with zero attached hydrogens (tertiary/aromatic N) is 3. The molecule has 18 heavy (non-hydrogen) atoms. The van der Waals surface area contributed by atoms with Gasteiger partial charge in [-0.15, -0.1) is 0 Å². The van der Waals surface area contributed by atoms with Crippen LogP contribution in [-0.4, -0.2) is 21.8 Å². The summed E-state index contributed by atoms with van der Waals surface area (Å²) in [6.07, 6.45) is 4.26. The summed E-state index contributed by atoms with van der Waals surface area (Å²) in [4.78, 5) is 33.1. The molecule has 2 amide bonds. The van der Waals surface area contributed by atoms with Crippen molar-refractivity contribution in [3.8, 4) is 0 Å². The number of carbonyl (C=O) groups excluding carboxylic acids is 2. The molecule has 1 aromatic carbocycles. The maximum Gasteiger partial charge on any atom is 0.267 e. The zero-order valence-electron chi connectivity index (χ0n) is 9.20. The molecule has 0 bridgehead atoms. The molecule has 0 aliphatic carbocycles. The van der Waals surface area contributed by atoms with Crippen molar-refractivity contribution >= 4 is 23.3 Å². The van der Waals surface area contributed by atoms with E-state index in [0.29, 0.717) is 16.8 Å². The first-order valence-electron chi connectivity index (χ1n) is 5.23. The van der Waals surface area contributed by atoms with Crippen LogP contribution in [0.25, 0.3) is 0 Å². The van der Waals surface area contributed by atoms with Gasteiger partial charge in [0.15, 0.2) is 5.82 Å². The van der Waals surface area contributed by atoms with E-state index < -0.39 is 11.8 Å². The van der Waals surface area contributed by atoms with E-state index in [0.717, 1.165) is 4.90 Å². The first-order valence-corrected chi connectivity index (χ1v) is 5.23. The van der Waals surface area contributed by atoms with Crippen LogP contribution in [-0.2, 0) is 0 Å². The van der Waals surface area contributed by atoms with E-state index in [1.54, 1.807) is 12.1 Å². The van der Waals surface area contributed by atoms with Gasteiger partial charge in [0, 0.05) is 18.1 Å². The number of nitrogen functional groups attached to an aromatic ring is 1. The van der Waals surface area contributed by atoms with E-state index in [1.807, 2.05) is 0 Å². The van der Waals surface area contributed by atoms with Crippen LogP contribution in [0.2, 0.25) is 0 Å². The molecule has 6 nitrogen and oxygen atoms in total. The lowest BCUT2D eigenvalue weighted by molar-refractivity contribution is 0.0925. The van der Waals surface area contributed by atoms with E-state index in [-0.39, 0.29) is 5.82 Å². The van der Waals surface area contributed by atoms with Gasteiger partial charge in [-0.1, -0.05) is 0 Å². The third-order valence-electron chi connectivity index (χ3n) is 2.69. The average Bonchev–Trinajstić information content (AvgIpc) is 2.63. The van der Waals surface area contributed by atoms with Gasteiger partial charge in [0.2, 0.25) is 0 Å². The van der Waals surface area contributed by atoms with Gasteiger partial charge < -0.3 is 5.73 Å². The standard InChI is InChI=1S/C12H8N4O2/c13-7-1-2-8-9(5-7)12(18)16(11(8)17)10-6-14-3-4-15-10/h1-6H,13H2. The lowest BCUT2D eigenvalue weighted by Crippen LogP contribution is -2.30. The Bertz CT molecular complexity index is 654. The summed E-state index contributed by atoms with van der Waals surface area (Å²) in [6, 6.07) is 4.62. The highest BCUT2D eigenvalue weighted by atomic mass is 16.2. The average molecular weight is 240 g/mol. The molecule has 0 atom stereocenters. The summed E-state index contributed by atoms with van der Waals surface area (Å²) in [5.41, 5.74) is 6.68. The number of aromatic nitrogens is 2. The number of amides is 2. The molecule has 88 valence electrons.